The summed E-state index contributed by atoms with van der Waals surface area (Å²) >= 11 is 10.0. The zero-order valence-corrected chi connectivity index (χ0v) is 15.3. The van der Waals surface area contributed by atoms with Gasteiger partial charge in [0.25, 0.3) is 0 Å². The minimum Gasteiger partial charge on any atom is -0.300 e. The van der Waals surface area contributed by atoms with E-state index >= 15 is 0 Å². The average molecular weight is 399 g/mol. The number of carbonyl (C=O) groups excluding carboxylic acids is 1. The largest absolute Gasteiger partial charge is 0.300 e. The summed E-state index contributed by atoms with van der Waals surface area (Å²) in [6.07, 6.45) is 1.40. The van der Waals surface area contributed by atoms with Crippen LogP contribution in [0.15, 0.2) is 40.1 Å². The first-order valence-electron chi connectivity index (χ1n) is 6.68. The van der Waals surface area contributed by atoms with E-state index in [4.69, 9.17) is 11.6 Å². The van der Waals surface area contributed by atoms with Crippen molar-refractivity contribution in [1.29, 1.82) is 0 Å². The van der Waals surface area contributed by atoms with Crippen LogP contribution in [0.4, 0.5) is 5.13 Å². The molecule has 11 heteroatoms. The van der Waals surface area contributed by atoms with Gasteiger partial charge in [0.15, 0.2) is 9.50 Å². The monoisotopic (exact) mass is 398 g/mol. The molecule has 0 bridgehead atoms. The Bertz CT molecular complexity index is 792. The smallest absolute Gasteiger partial charge is 0.236 e. The van der Waals surface area contributed by atoms with Crippen LogP contribution in [0.2, 0.25) is 5.02 Å². The normalized spacial score (nSPS) is 10.7. The number of anilines is 1. The van der Waals surface area contributed by atoms with Crippen molar-refractivity contribution in [1.82, 2.24) is 25.4 Å². The predicted molar refractivity (Wildman–Crippen MR) is 96.7 cm³/mol. The highest BCUT2D eigenvalue weighted by atomic mass is 35.5. The van der Waals surface area contributed by atoms with Crippen molar-refractivity contribution >= 4 is 57.5 Å². The molecule has 0 aliphatic carbocycles. The van der Waals surface area contributed by atoms with Gasteiger partial charge in [0.05, 0.1) is 5.75 Å². The molecule has 2 N–H and O–H groups in total. The molecule has 0 radical (unpaired) electrons. The summed E-state index contributed by atoms with van der Waals surface area (Å²) in [5, 5.41) is 19.0. The van der Waals surface area contributed by atoms with Gasteiger partial charge in [-0.15, -0.1) is 10.2 Å². The first-order chi connectivity index (χ1) is 11.7. The van der Waals surface area contributed by atoms with E-state index in [9.17, 15) is 4.79 Å². The molecule has 1 aromatic carbocycles. The third kappa shape index (κ3) is 5.20. The number of H-pyrrole nitrogens is 1. The Morgan fingerprint density at radius 1 is 1.25 bits per heavy atom. The fourth-order valence-electron chi connectivity index (χ4n) is 1.60. The second kappa shape index (κ2) is 8.47. The van der Waals surface area contributed by atoms with Gasteiger partial charge in [-0.2, -0.15) is 5.10 Å². The average Bonchev–Trinajstić information content (AvgIpc) is 3.24. The van der Waals surface area contributed by atoms with Crippen molar-refractivity contribution in [2.75, 3.05) is 11.1 Å². The van der Waals surface area contributed by atoms with Crippen molar-refractivity contribution in [3.8, 4) is 0 Å². The van der Waals surface area contributed by atoms with Crippen molar-refractivity contribution in [3.05, 3.63) is 41.2 Å². The Morgan fingerprint density at radius 2 is 2.08 bits per heavy atom. The molecule has 0 saturated heterocycles. The summed E-state index contributed by atoms with van der Waals surface area (Å²) in [4.78, 5) is 15.8. The summed E-state index contributed by atoms with van der Waals surface area (Å²) in [7, 11) is 0. The molecule has 3 rings (SSSR count). The number of nitrogens with zero attached hydrogens (tertiary/aromatic N) is 4. The standard InChI is InChI=1S/C13H11ClN6OS3/c14-9-3-1-8(2-4-9)5-23-13-20-19-12(24-13)17-10(21)6-22-11-15-7-16-18-11/h1-4,7H,5-6H2,(H,15,16,18)(H,17,19,21). The number of thioether (sulfide) groups is 2. The number of hydrogen-bond acceptors (Lipinski definition) is 8. The number of amides is 1. The molecule has 124 valence electrons. The third-order valence-electron chi connectivity index (χ3n) is 2.66. The Labute approximate surface area is 155 Å². The van der Waals surface area contributed by atoms with Crippen LogP contribution < -0.4 is 5.32 Å². The van der Waals surface area contributed by atoms with Gasteiger partial charge >= 0.3 is 0 Å². The molecule has 2 aromatic heterocycles. The van der Waals surface area contributed by atoms with Gasteiger partial charge in [0, 0.05) is 10.8 Å². The highest BCUT2D eigenvalue weighted by molar-refractivity contribution is 8.00. The summed E-state index contributed by atoms with van der Waals surface area (Å²) in [5.74, 6) is 0.824. The van der Waals surface area contributed by atoms with Gasteiger partial charge < -0.3 is 0 Å². The lowest BCUT2D eigenvalue weighted by Crippen LogP contribution is -2.13. The maximum Gasteiger partial charge on any atom is 0.236 e. The number of aromatic nitrogens is 5. The van der Waals surface area contributed by atoms with E-state index in [-0.39, 0.29) is 11.7 Å². The number of aromatic amines is 1. The zero-order chi connectivity index (χ0) is 16.8. The molecule has 0 aliphatic rings. The lowest BCUT2D eigenvalue weighted by Gasteiger charge is -1.99. The van der Waals surface area contributed by atoms with Crippen LogP contribution in [0.5, 0.6) is 0 Å². The van der Waals surface area contributed by atoms with Crippen LogP contribution in [0.1, 0.15) is 5.56 Å². The van der Waals surface area contributed by atoms with Gasteiger partial charge in [0.1, 0.15) is 6.33 Å². The molecular formula is C13H11ClN6OS3. The SMILES string of the molecule is O=C(CSc1ncn[nH]1)Nc1nnc(SCc2ccc(Cl)cc2)s1. The van der Waals surface area contributed by atoms with Crippen molar-refractivity contribution in [2.45, 2.75) is 15.2 Å². The number of benzene rings is 1. The van der Waals surface area contributed by atoms with Gasteiger partial charge in [0.2, 0.25) is 11.0 Å². The van der Waals surface area contributed by atoms with E-state index in [0.29, 0.717) is 15.3 Å². The molecule has 0 atom stereocenters. The lowest BCUT2D eigenvalue weighted by molar-refractivity contribution is -0.113. The first kappa shape index (κ1) is 17.2. The maximum absolute atomic E-state index is 11.9. The third-order valence-corrected chi connectivity index (χ3v) is 5.83. The fraction of sp³-hybridized carbons (Fsp3) is 0.154. The highest BCUT2D eigenvalue weighted by Crippen LogP contribution is 2.28. The molecule has 1 amide bonds. The van der Waals surface area contributed by atoms with E-state index in [2.05, 4.69) is 30.7 Å². The summed E-state index contributed by atoms with van der Waals surface area (Å²) in [6.45, 7) is 0. The Balaban J connectivity index is 1.46. The summed E-state index contributed by atoms with van der Waals surface area (Å²) < 4.78 is 0.795. The number of halogens is 1. The molecule has 0 saturated carbocycles. The van der Waals surface area contributed by atoms with Crippen molar-refractivity contribution in [3.63, 3.8) is 0 Å². The van der Waals surface area contributed by atoms with Crippen LogP contribution in [0.3, 0.4) is 0 Å². The Morgan fingerprint density at radius 3 is 2.83 bits per heavy atom. The van der Waals surface area contributed by atoms with E-state index in [1.54, 1.807) is 11.8 Å². The summed E-state index contributed by atoms with van der Waals surface area (Å²) in [5.41, 5.74) is 1.15. The number of rotatable bonds is 7. The van der Waals surface area contributed by atoms with Crippen LogP contribution in [-0.2, 0) is 10.5 Å². The molecule has 0 spiro atoms. The van der Waals surface area contributed by atoms with E-state index < -0.39 is 0 Å². The van der Waals surface area contributed by atoms with Crippen LogP contribution in [-0.4, -0.2) is 37.0 Å². The highest BCUT2D eigenvalue weighted by Gasteiger charge is 2.10. The molecule has 3 aromatic rings. The Kier molecular flexibility index (Phi) is 6.07. The van der Waals surface area contributed by atoms with E-state index in [0.717, 1.165) is 15.7 Å². The zero-order valence-electron chi connectivity index (χ0n) is 12.1. The van der Waals surface area contributed by atoms with Crippen LogP contribution in [0.25, 0.3) is 0 Å². The van der Waals surface area contributed by atoms with Gasteiger partial charge in [-0.3, -0.25) is 15.2 Å². The molecule has 0 aliphatic heterocycles. The maximum atomic E-state index is 11.9. The first-order valence-corrected chi connectivity index (χ1v) is 9.84. The number of nitrogens with one attached hydrogen (secondary N) is 2. The lowest BCUT2D eigenvalue weighted by atomic mass is 10.2. The summed E-state index contributed by atoms with van der Waals surface area (Å²) in [6, 6.07) is 7.66. The fourth-order valence-corrected chi connectivity index (χ4v) is 4.03. The van der Waals surface area contributed by atoms with Crippen molar-refractivity contribution in [2.24, 2.45) is 0 Å². The molecule has 7 nitrogen and oxygen atoms in total. The number of hydrogen-bond donors (Lipinski definition) is 2. The molecule has 24 heavy (non-hydrogen) atoms. The molecular weight excluding hydrogens is 388 g/mol. The van der Waals surface area contributed by atoms with Gasteiger partial charge in [-0.25, -0.2) is 4.98 Å². The Hall–Kier alpha value is -1.62. The quantitative estimate of drug-likeness (QED) is 0.465. The minimum absolute atomic E-state index is 0.165. The topological polar surface area (TPSA) is 96.5 Å². The van der Waals surface area contributed by atoms with Gasteiger partial charge in [-0.05, 0) is 17.7 Å². The van der Waals surface area contributed by atoms with E-state index in [1.165, 1.54) is 29.4 Å². The van der Waals surface area contributed by atoms with Crippen LogP contribution >= 0.6 is 46.5 Å². The molecule has 0 fully saturated rings. The van der Waals surface area contributed by atoms with Crippen molar-refractivity contribution < 1.29 is 4.79 Å². The second-order valence-electron chi connectivity index (χ2n) is 4.42. The van der Waals surface area contributed by atoms with E-state index in [1.807, 2.05) is 24.3 Å². The second-order valence-corrected chi connectivity index (χ2v) is 8.02. The predicted octanol–water partition coefficient (Wildman–Crippen LogP) is 3.33. The molecule has 2 heterocycles. The van der Waals surface area contributed by atoms with Crippen LogP contribution in [0, 0.1) is 0 Å². The molecule has 0 unspecified atom stereocenters. The minimum atomic E-state index is -0.165. The number of carbonyl (C=O) groups is 1. The van der Waals surface area contributed by atoms with Gasteiger partial charge in [-0.1, -0.05) is 58.6 Å².